The highest BCUT2D eigenvalue weighted by Gasteiger charge is 2.44. The van der Waals surface area contributed by atoms with Gasteiger partial charge >= 0.3 is 0 Å². The highest BCUT2D eigenvalue weighted by Crippen LogP contribution is 2.41. The molecule has 1 heterocycles. The summed E-state index contributed by atoms with van der Waals surface area (Å²) < 4.78 is 6.56. The molecule has 0 saturated carbocycles. The molecular weight excluding hydrogens is 298 g/mol. The molecule has 1 saturated heterocycles. The van der Waals surface area contributed by atoms with Crippen LogP contribution in [0.5, 0.6) is 0 Å². The maximum Gasteiger partial charge on any atom is 0.192 e. The van der Waals surface area contributed by atoms with Crippen molar-refractivity contribution in [2.24, 2.45) is 5.92 Å². The van der Waals surface area contributed by atoms with E-state index in [2.05, 4.69) is 81.2 Å². The van der Waals surface area contributed by atoms with Crippen LogP contribution in [0.1, 0.15) is 32.8 Å². The topological polar surface area (TPSA) is 12.5 Å². The van der Waals surface area contributed by atoms with Gasteiger partial charge in [-0.25, -0.2) is 0 Å². The Labute approximate surface area is 142 Å². The van der Waals surface area contributed by atoms with Crippen molar-refractivity contribution < 1.29 is 4.43 Å². The first kappa shape index (κ1) is 16.9. The molecule has 23 heavy (non-hydrogen) atoms. The summed E-state index contributed by atoms with van der Waals surface area (Å²) in [6.45, 7) is 13.6. The Bertz CT molecular complexity index is 561. The molecule has 3 rings (SSSR count). The Kier molecular flexibility index (Phi) is 4.56. The van der Waals surface area contributed by atoms with Crippen molar-refractivity contribution >= 4 is 8.32 Å². The summed E-state index contributed by atoms with van der Waals surface area (Å²) in [6, 6.07) is 12.0. The van der Waals surface area contributed by atoms with Crippen LogP contribution < -0.4 is 0 Å². The average Bonchev–Trinajstić information content (AvgIpc) is 3.07. The summed E-state index contributed by atoms with van der Waals surface area (Å²) in [6.07, 6.45) is 6.10. The van der Waals surface area contributed by atoms with E-state index in [1.54, 1.807) is 0 Å². The number of hydrogen-bond acceptors (Lipinski definition) is 2. The van der Waals surface area contributed by atoms with Gasteiger partial charge in [0.2, 0.25) is 0 Å². The quantitative estimate of drug-likeness (QED) is 0.566. The average molecular weight is 330 g/mol. The van der Waals surface area contributed by atoms with Gasteiger partial charge in [0.25, 0.3) is 0 Å². The van der Waals surface area contributed by atoms with E-state index >= 15 is 0 Å². The van der Waals surface area contributed by atoms with Crippen molar-refractivity contribution in [1.29, 1.82) is 0 Å². The Morgan fingerprint density at radius 2 is 1.83 bits per heavy atom. The molecule has 3 atom stereocenters. The highest BCUT2D eigenvalue weighted by molar-refractivity contribution is 6.74. The first-order valence-electron chi connectivity index (χ1n) is 8.90. The maximum atomic E-state index is 6.56. The minimum absolute atomic E-state index is 0.282. The fourth-order valence-electron chi connectivity index (χ4n) is 3.49. The number of likely N-dealkylation sites (tertiary alicyclic amines) is 1. The molecule has 1 aromatic carbocycles. The molecule has 126 valence electrons. The Morgan fingerprint density at radius 3 is 2.48 bits per heavy atom. The minimum Gasteiger partial charge on any atom is -0.415 e. The van der Waals surface area contributed by atoms with Crippen molar-refractivity contribution in [2.75, 3.05) is 6.61 Å². The van der Waals surface area contributed by atoms with Gasteiger partial charge in [-0.05, 0) is 36.0 Å². The van der Waals surface area contributed by atoms with Crippen molar-refractivity contribution in [3.8, 4) is 0 Å². The second-order valence-electron chi connectivity index (χ2n) is 8.65. The smallest absolute Gasteiger partial charge is 0.192 e. The van der Waals surface area contributed by atoms with Crippen LogP contribution in [-0.4, -0.2) is 31.9 Å². The van der Waals surface area contributed by atoms with Crippen LogP contribution in [0.15, 0.2) is 42.5 Å². The van der Waals surface area contributed by atoms with E-state index in [0.29, 0.717) is 18.0 Å². The summed E-state index contributed by atoms with van der Waals surface area (Å²) in [5, 5.41) is 0.282. The van der Waals surface area contributed by atoms with Crippen molar-refractivity contribution in [3.05, 3.63) is 48.0 Å². The van der Waals surface area contributed by atoms with Gasteiger partial charge in [0.05, 0.1) is 6.61 Å². The van der Waals surface area contributed by atoms with E-state index in [4.69, 9.17) is 4.43 Å². The summed E-state index contributed by atoms with van der Waals surface area (Å²) >= 11 is 0. The molecule has 0 aromatic heterocycles. The van der Waals surface area contributed by atoms with Gasteiger partial charge in [-0.15, -0.1) is 0 Å². The van der Waals surface area contributed by atoms with Crippen molar-refractivity contribution in [3.63, 3.8) is 0 Å². The van der Waals surface area contributed by atoms with Gasteiger partial charge in [0.1, 0.15) is 0 Å². The van der Waals surface area contributed by atoms with E-state index in [0.717, 1.165) is 13.2 Å². The Balaban J connectivity index is 1.69. The third kappa shape index (κ3) is 3.47. The molecule has 0 unspecified atom stereocenters. The molecule has 0 N–H and O–H groups in total. The first-order chi connectivity index (χ1) is 10.8. The van der Waals surface area contributed by atoms with Gasteiger partial charge < -0.3 is 4.43 Å². The number of rotatable bonds is 5. The number of nitrogens with zero attached hydrogens (tertiary/aromatic N) is 1. The summed E-state index contributed by atoms with van der Waals surface area (Å²) in [4.78, 5) is 2.66. The lowest BCUT2D eigenvalue weighted by Crippen LogP contribution is -2.47. The molecular formula is C20H31NOSi. The molecule has 0 radical (unpaired) electrons. The van der Waals surface area contributed by atoms with Crippen LogP contribution in [0.4, 0.5) is 0 Å². The largest absolute Gasteiger partial charge is 0.415 e. The zero-order chi connectivity index (χ0) is 16.7. The lowest BCUT2D eigenvalue weighted by molar-refractivity contribution is 0.122. The molecule has 1 aliphatic carbocycles. The Hall–Kier alpha value is -0.903. The van der Waals surface area contributed by atoms with Gasteiger partial charge in [0.15, 0.2) is 8.32 Å². The second kappa shape index (κ2) is 6.19. The molecule has 1 fully saturated rings. The van der Waals surface area contributed by atoms with Gasteiger partial charge in [-0.3, -0.25) is 4.90 Å². The maximum absolute atomic E-state index is 6.56. The number of fused-ring (bicyclic) bond motifs is 2. The van der Waals surface area contributed by atoms with E-state index in [1.807, 2.05) is 0 Å². The Morgan fingerprint density at radius 1 is 1.13 bits per heavy atom. The predicted octanol–water partition coefficient (Wildman–Crippen LogP) is 4.84. The van der Waals surface area contributed by atoms with E-state index in [1.165, 1.54) is 12.0 Å². The zero-order valence-electron chi connectivity index (χ0n) is 15.3. The van der Waals surface area contributed by atoms with Crippen LogP contribution >= 0.6 is 0 Å². The van der Waals surface area contributed by atoms with Crippen LogP contribution in [0.3, 0.4) is 0 Å². The highest BCUT2D eigenvalue weighted by atomic mass is 28.4. The van der Waals surface area contributed by atoms with Crippen LogP contribution in [0.2, 0.25) is 18.1 Å². The number of hydrogen-bond donors (Lipinski definition) is 0. The third-order valence-electron chi connectivity index (χ3n) is 6.07. The summed E-state index contributed by atoms with van der Waals surface area (Å²) in [5.74, 6) is 0.675. The van der Waals surface area contributed by atoms with Crippen molar-refractivity contribution in [1.82, 2.24) is 4.90 Å². The normalized spacial score (nSPS) is 27.8. The molecule has 1 aromatic rings. The van der Waals surface area contributed by atoms with Crippen LogP contribution in [-0.2, 0) is 11.0 Å². The SMILES string of the molecule is CC(C)(C)[Si](C)(C)OC[C@@H]1[C@H]2C=C[C@H](C2)N1Cc1ccccc1. The lowest BCUT2D eigenvalue weighted by Gasteiger charge is -2.39. The molecule has 1 aliphatic heterocycles. The lowest BCUT2D eigenvalue weighted by atomic mass is 10.0. The van der Waals surface area contributed by atoms with Crippen molar-refractivity contribution in [2.45, 2.75) is 64.0 Å². The molecule has 0 spiro atoms. The predicted molar refractivity (Wildman–Crippen MR) is 100.0 cm³/mol. The third-order valence-corrected chi connectivity index (χ3v) is 10.6. The molecule has 2 aliphatic rings. The van der Waals surface area contributed by atoms with E-state index in [9.17, 15) is 0 Å². The van der Waals surface area contributed by atoms with Crippen LogP contribution in [0.25, 0.3) is 0 Å². The standard InChI is InChI=1S/C20H31NOSi/c1-20(2,3)23(4,5)22-15-19-17-11-12-18(13-17)21(19)14-16-9-7-6-8-10-16/h6-12,17-19H,13-15H2,1-5H3/t17-,18+,19+/m0/s1. The molecule has 3 heteroatoms. The second-order valence-corrected chi connectivity index (χ2v) is 13.5. The van der Waals surface area contributed by atoms with Gasteiger partial charge in [0, 0.05) is 18.6 Å². The summed E-state index contributed by atoms with van der Waals surface area (Å²) in [7, 11) is -1.67. The van der Waals surface area contributed by atoms with Crippen LogP contribution in [0, 0.1) is 5.92 Å². The number of benzene rings is 1. The molecule has 2 bridgehead atoms. The summed E-state index contributed by atoms with van der Waals surface area (Å²) in [5.41, 5.74) is 1.41. The first-order valence-corrected chi connectivity index (χ1v) is 11.8. The fourth-order valence-corrected chi connectivity index (χ4v) is 4.51. The fraction of sp³-hybridized carbons (Fsp3) is 0.600. The van der Waals surface area contributed by atoms with Gasteiger partial charge in [-0.1, -0.05) is 63.3 Å². The monoisotopic (exact) mass is 329 g/mol. The zero-order valence-corrected chi connectivity index (χ0v) is 16.3. The minimum atomic E-state index is -1.67. The van der Waals surface area contributed by atoms with Gasteiger partial charge in [-0.2, -0.15) is 0 Å². The van der Waals surface area contributed by atoms with E-state index < -0.39 is 8.32 Å². The molecule has 0 amide bonds. The van der Waals surface area contributed by atoms with E-state index in [-0.39, 0.29) is 5.04 Å². The molecule has 2 nitrogen and oxygen atoms in total.